The van der Waals surface area contributed by atoms with E-state index in [4.69, 9.17) is 24.9 Å². The highest BCUT2D eigenvalue weighted by Gasteiger charge is 2.50. The van der Waals surface area contributed by atoms with Crippen LogP contribution >= 0.6 is 0 Å². The molecule has 1 aliphatic rings. The van der Waals surface area contributed by atoms with Gasteiger partial charge in [0, 0.05) is 30.9 Å². The number of piperazine rings is 1. The van der Waals surface area contributed by atoms with Crippen LogP contribution in [0.25, 0.3) is 28.0 Å². The molecular formula is C51H60F2N6O4Si. The van der Waals surface area contributed by atoms with Crippen molar-refractivity contribution in [2.24, 2.45) is 0 Å². The van der Waals surface area contributed by atoms with E-state index in [1.807, 2.05) is 78.5 Å². The van der Waals surface area contributed by atoms with Crippen LogP contribution in [0.1, 0.15) is 91.8 Å². The molecule has 0 radical (unpaired) electrons. The number of halogens is 2. The van der Waals surface area contributed by atoms with Crippen LogP contribution in [0.15, 0.2) is 102 Å². The molecular weight excluding hydrogens is 827 g/mol. The predicted molar refractivity (Wildman–Crippen MR) is 255 cm³/mol. The first-order valence-corrected chi connectivity index (χ1v) is 23.9. The molecule has 3 heterocycles. The number of anilines is 2. The number of hydrogen-bond donors (Lipinski definition) is 1. The summed E-state index contributed by atoms with van der Waals surface area (Å²) >= 11 is 0. The van der Waals surface area contributed by atoms with Crippen molar-refractivity contribution in [3.63, 3.8) is 0 Å². The van der Waals surface area contributed by atoms with Crippen molar-refractivity contribution in [2.45, 2.75) is 111 Å². The zero-order valence-electron chi connectivity index (χ0n) is 38.8. The topological polar surface area (TPSA) is 116 Å². The number of nitrogen functional groups attached to an aromatic ring is 1. The lowest BCUT2D eigenvalue weighted by atomic mass is 9.95. The summed E-state index contributed by atoms with van der Waals surface area (Å²) in [5.74, 6) is -1.48. The average Bonchev–Trinajstić information content (AvgIpc) is 3.21. The second kappa shape index (κ2) is 17.6. The largest absolute Gasteiger partial charge is 0.444 e. The summed E-state index contributed by atoms with van der Waals surface area (Å²) in [7, 11) is -2.91. The van der Waals surface area contributed by atoms with Gasteiger partial charge in [-0.2, -0.15) is 4.98 Å². The minimum atomic E-state index is -2.91. The van der Waals surface area contributed by atoms with Crippen LogP contribution in [-0.4, -0.2) is 64.6 Å². The SMILES string of the molecule is Cc1cc(CO[Si](c2ccccc2)(c2ccccc2)C(C)(C)C)cc(C(C)C)c1-n1c(=O)nc(N2C[C@@H](C)N(C(=O)OC(C)(C)C)C[C@@H]2C)c2cc(F)c(-c3c(N)cccc3F)nc21. The zero-order valence-corrected chi connectivity index (χ0v) is 39.8. The third kappa shape index (κ3) is 8.67. The normalized spacial score (nSPS) is 16.2. The van der Waals surface area contributed by atoms with Crippen molar-refractivity contribution >= 4 is 47.3 Å². The van der Waals surface area contributed by atoms with Gasteiger partial charge in [-0.3, -0.25) is 0 Å². The Morgan fingerprint density at radius 3 is 2.03 bits per heavy atom. The Morgan fingerprint density at radius 1 is 0.844 bits per heavy atom. The smallest absolute Gasteiger partial charge is 0.410 e. The number of carbonyl (C=O) groups excluding carboxylic acids is 1. The number of nitrogens with two attached hydrogens (primary N) is 1. The average molecular weight is 887 g/mol. The van der Waals surface area contributed by atoms with Gasteiger partial charge in [-0.1, -0.05) is 113 Å². The molecule has 10 nitrogen and oxygen atoms in total. The molecule has 0 spiro atoms. The molecule has 1 saturated heterocycles. The highest BCUT2D eigenvalue weighted by Crippen LogP contribution is 2.40. The van der Waals surface area contributed by atoms with Gasteiger partial charge < -0.3 is 24.7 Å². The number of carbonyl (C=O) groups is 1. The molecule has 0 unspecified atom stereocenters. The molecule has 2 atom stereocenters. The minimum Gasteiger partial charge on any atom is -0.444 e. The second-order valence-corrected chi connectivity index (χ2v) is 23.7. The fourth-order valence-corrected chi connectivity index (χ4v) is 13.7. The van der Waals surface area contributed by atoms with Crippen molar-refractivity contribution in [2.75, 3.05) is 23.7 Å². The lowest BCUT2D eigenvalue weighted by molar-refractivity contribution is 0.0130. The van der Waals surface area contributed by atoms with Crippen LogP contribution < -0.4 is 26.7 Å². The Bertz CT molecular complexity index is 2690. The van der Waals surface area contributed by atoms with Crippen LogP contribution in [-0.2, 0) is 15.8 Å². The summed E-state index contributed by atoms with van der Waals surface area (Å²) < 4.78 is 46.7. The number of nitrogens with zero attached hydrogens (tertiary/aromatic N) is 5. The monoisotopic (exact) mass is 886 g/mol. The zero-order chi connectivity index (χ0) is 46.5. The van der Waals surface area contributed by atoms with Crippen LogP contribution in [0.4, 0.5) is 25.1 Å². The van der Waals surface area contributed by atoms with Gasteiger partial charge in [0.25, 0.3) is 8.32 Å². The third-order valence-electron chi connectivity index (χ3n) is 12.1. The van der Waals surface area contributed by atoms with Crippen LogP contribution in [0.2, 0.25) is 5.04 Å². The molecule has 2 aromatic heterocycles. The van der Waals surface area contributed by atoms with Crippen molar-refractivity contribution < 1.29 is 22.7 Å². The van der Waals surface area contributed by atoms with E-state index in [9.17, 15) is 9.59 Å². The van der Waals surface area contributed by atoms with Gasteiger partial charge in [0.15, 0.2) is 11.5 Å². The van der Waals surface area contributed by atoms with Crippen molar-refractivity contribution in [3.05, 3.63) is 136 Å². The Labute approximate surface area is 376 Å². The van der Waals surface area contributed by atoms with E-state index in [0.717, 1.165) is 27.1 Å². The number of amides is 1. The fourth-order valence-electron chi connectivity index (χ4n) is 9.15. The van der Waals surface area contributed by atoms with Gasteiger partial charge >= 0.3 is 11.8 Å². The molecule has 13 heteroatoms. The van der Waals surface area contributed by atoms with Crippen LogP contribution in [0.3, 0.4) is 0 Å². The quantitative estimate of drug-likeness (QED) is 0.113. The minimum absolute atomic E-state index is 0.000991. The number of benzene rings is 4. The Hall–Kier alpha value is -5.92. The first-order chi connectivity index (χ1) is 30.1. The van der Waals surface area contributed by atoms with E-state index >= 15 is 8.78 Å². The van der Waals surface area contributed by atoms with E-state index in [2.05, 4.69) is 75.4 Å². The van der Waals surface area contributed by atoms with Crippen molar-refractivity contribution in [1.82, 2.24) is 19.4 Å². The van der Waals surface area contributed by atoms with Gasteiger partial charge in [-0.15, -0.1) is 0 Å². The molecule has 1 aliphatic heterocycles. The molecule has 0 bridgehead atoms. The third-order valence-corrected chi connectivity index (χ3v) is 17.1. The highest BCUT2D eigenvalue weighted by molar-refractivity contribution is 6.99. The summed E-state index contributed by atoms with van der Waals surface area (Å²) in [6, 6.07) is 29.7. The van der Waals surface area contributed by atoms with Crippen LogP contribution in [0, 0.1) is 18.6 Å². The first-order valence-electron chi connectivity index (χ1n) is 22.0. The number of ether oxygens (including phenoxy) is 1. The summed E-state index contributed by atoms with van der Waals surface area (Å²) in [5.41, 5.74) is 7.53. The van der Waals surface area contributed by atoms with Crippen molar-refractivity contribution in [1.29, 1.82) is 0 Å². The summed E-state index contributed by atoms with van der Waals surface area (Å²) in [4.78, 5) is 41.2. The van der Waals surface area contributed by atoms with Crippen LogP contribution in [0.5, 0.6) is 0 Å². The Balaban J connectivity index is 1.40. The molecule has 2 N–H and O–H groups in total. The molecule has 64 heavy (non-hydrogen) atoms. The molecule has 1 fully saturated rings. The highest BCUT2D eigenvalue weighted by atomic mass is 28.4. The predicted octanol–water partition coefficient (Wildman–Crippen LogP) is 9.65. The summed E-state index contributed by atoms with van der Waals surface area (Å²) in [5, 5.41) is 2.32. The summed E-state index contributed by atoms with van der Waals surface area (Å²) in [6.07, 6.45) is -0.448. The maximum Gasteiger partial charge on any atom is 0.410 e. The first kappa shape index (κ1) is 46.1. The number of hydrogen-bond acceptors (Lipinski definition) is 8. The molecule has 0 saturated carbocycles. The van der Waals surface area contributed by atoms with Crippen molar-refractivity contribution in [3.8, 4) is 16.9 Å². The van der Waals surface area contributed by atoms with E-state index in [-0.39, 0.29) is 69.9 Å². The number of rotatable bonds is 9. The number of fused-ring (bicyclic) bond motifs is 1. The maximum atomic E-state index is 16.6. The van der Waals surface area contributed by atoms with E-state index in [1.54, 1.807) is 4.90 Å². The fraction of sp³-hybridized carbons (Fsp3) is 0.373. The molecule has 6 aromatic rings. The van der Waals surface area contributed by atoms with E-state index in [0.29, 0.717) is 12.3 Å². The number of pyridine rings is 1. The molecule has 7 rings (SSSR count). The molecule has 4 aromatic carbocycles. The van der Waals surface area contributed by atoms with E-state index in [1.165, 1.54) is 28.8 Å². The van der Waals surface area contributed by atoms with Gasteiger partial charge in [0.2, 0.25) is 0 Å². The van der Waals surface area contributed by atoms with Gasteiger partial charge in [0.05, 0.1) is 23.2 Å². The maximum absolute atomic E-state index is 16.6. The molecule has 0 aliphatic carbocycles. The Morgan fingerprint density at radius 2 is 1.47 bits per heavy atom. The van der Waals surface area contributed by atoms with Gasteiger partial charge in [-0.05, 0) is 97.8 Å². The van der Waals surface area contributed by atoms with E-state index < -0.39 is 37.3 Å². The van der Waals surface area contributed by atoms with Gasteiger partial charge in [-0.25, -0.2) is 27.9 Å². The number of aromatic nitrogens is 3. The lowest BCUT2D eigenvalue weighted by Crippen LogP contribution is -2.66. The molecule has 336 valence electrons. The standard InChI is InChI=1S/C51H60F2N6O4Si/c1-31(2)38-26-35(30-62-64(51(9,10)11,36-19-14-12-15-20-36)37-21-16-13-17-22-37)25-32(3)45(38)59-47-39(27-41(53)44(55-47)43-40(52)23-18-24-42(43)54)46(56-48(59)60)57-28-34(5)58(29-33(57)4)49(61)63-50(6,7)8/h12-27,31,33-34H,28-30,54H2,1-11H3/t33-,34+/m0/s1. The number of aryl methyl sites for hydroxylation is 1. The Kier molecular flexibility index (Phi) is 12.6. The lowest BCUT2D eigenvalue weighted by Gasteiger charge is -2.44. The second-order valence-electron chi connectivity index (χ2n) is 19.4. The summed E-state index contributed by atoms with van der Waals surface area (Å²) in [6.45, 7) is 22.8. The molecule has 1 amide bonds. The van der Waals surface area contributed by atoms with Gasteiger partial charge in [0.1, 0.15) is 22.9 Å².